The number of amides is 1. The maximum absolute atomic E-state index is 12.0. The monoisotopic (exact) mass is 271 g/mol. The Morgan fingerprint density at radius 3 is 2.53 bits per heavy atom. The maximum Gasteiger partial charge on any atom is 0.407 e. The quantitative estimate of drug-likeness (QED) is 0.815. The largest absolute Gasteiger partial charge is 0.444 e. The van der Waals surface area contributed by atoms with Gasteiger partial charge in [0.05, 0.1) is 6.04 Å². The fourth-order valence-electron chi connectivity index (χ4n) is 2.38. The van der Waals surface area contributed by atoms with Crippen LogP contribution in [0.15, 0.2) is 0 Å². The van der Waals surface area contributed by atoms with E-state index in [-0.39, 0.29) is 12.1 Å². The summed E-state index contributed by atoms with van der Waals surface area (Å²) in [6.07, 6.45) is -0.329. The van der Waals surface area contributed by atoms with E-state index in [4.69, 9.17) is 4.74 Å². The molecule has 1 amide bonds. The van der Waals surface area contributed by atoms with Crippen LogP contribution in [0.25, 0.3) is 0 Å². The predicted octanol–water partition coefficient (Wildman–Crippen LogP) is 1.44. The smallest absolute Gasteiger partial charge is 0.407 e. The summed E-state index contributed by atoms with van der Waals surface area (Å²) in [6.45, 7) is 12.8. The molecule has 2 unspecified atom stereocenters. The third kappa shape index (κ3) is 5.37. The van der Waals surface area contributed by atoms with Crippen molar-refractivity contribution in [2.24, 2.45) is 5.92 Å². The normalized spacial score (nSPS) is 23.2. The van der Waals surface area contributed by atoms with Gasteiger partial charge in [0.25, 0.3) is 0 Å². The third-order valence-corrected chi connectivity index (χ3v) is 3.38. The topological polar surface area (TPSA) is 53.6 Å². The summed E-state index contributed by atoms with van der Waals surface area (Å²) in [5.74, 6) is 0.361. The minimum Gasteiger partial charge on any atom is -0.444 e. The summed E-state index contributed by atoms with van der Waals surface area (Å²) in [5, 5.41) is 6.42. The molecule has 5 heteroatoms. The van der Waals surface area contributed by atoms with Gasteiger partial charge in [-0.25, -0.2) is 4.79 Å². The van der Waals surface area contributed by atoms with Gasteiger partial charge in [0, 0.05) is 25.7 Å². The number of nitrogens with zero attached hydrogens (tertiary/aromatic N) is 1. The second-order valence-corrected chi connectivity index (χ2v) is 6.67. The minimum absolute atomic E-state index is 0.0904. The minimum atomic E-state index is -0.456. The van der Waals surface area contributed by atoms with Gasteiger partial charge in [-0.05, 0) is 33.7 Å². The molecule has 1 aliphatic rings. The van der Waals surface area contributed by atoms with Gasteiger partial charge < -0.3 is 15.4 Å². The number of nitrogens with one attached hydrogen (secondary N) is 2. The third-order valence-electron chi connectivity index (χ3n) is 3.38. The summed E-state index contributed by atoms with van der Waals surface area (Å²) < 4.78 is 5.36. The lowest BCUT2D eigenvalue weighted by Gasteiger charge is -2.40. The number of hydrogen-bond donors (Lipinski definition) is 2. The number of likely N-dealkylation sites (N-methyl/N-ethyl adjacent to an activating group) is 1. The van der Waals surface area contributed by atoms with Gasteiger partial charge in [-0.15, -0.1) is 0 Å². The van der Waals surface area contributed by atoms with Crippen LogP contribution in [0.5, 0.6) is 0 Å². The second kappa shape index (κ2) is 6.57. The van der Waals surface area contributed by atoms with Crippen molar-refractivity contribution in [3.05, 3.63) is 0 Å². The molecule has 0 aromatic heterocycles. The Labute approximate surface area is 117 Å². The van der Waals surface area contributed by atoms with Gasteiger partial charge >= 0.3 is 6.09 Å². The molecule has 0 aromatic carbocycles. The molecule has 112 valence electrons. The molecule has 0 aromatic rings. The number of ether oxygens (including phenoxy) is 1. The zero-order valence-electron chi connectivity index (χ0n) is 13.1. The van der Waals surface area contributed by atoms with Crippen LogP contribution in [0.1, 0.15) is 34.6 Å². The highest BCUT2D eigenvalue weighted by molar-refractivity contribution is 5.68. The van der Waals surface area contributed by atoms with Gasteiger partial charge in [0.2, 0.25) is 0 Å². The Morgan fingerprint density at radius 2 is 2.05 bits per heavy atom. The van der Waals surface area contributed by atoms with E-state index in [2.05, 4.69) is 36.4 Å². The molecule has 0 spiro atoms. The molecule has 0 aliphatic carbocycles. The van der Waals surface area contributed by atoms with Crippen LogP contribution >= 0.6 is 0 Å². The van der Waals surface area contributed by atoms with Gasteiger partial charge in [0.15, 0.2) is 0 Å². The maximum atomic E-state index is 12.0. The Bertz CT molecular complexity index is 300. The SMILES string of the molecule is CC(C)C(NC(=O)OC(C)(C)C)C1CNCCN1C. The number of carbonyl (C=O) groups excluding carboxylic acids is 1. The fraction of sp³-hybridized carbons (Fsp3) is 0.929. The number of carbonyl (C=O) groups is 1. The van der Waals surface area contributed by atoms with Crippen molar-refractivity contribution < 1.29 is 9.53 Å². The van der Waals surface area contributed by atoms with Crippen LogP contribution in [0.3, 0.4) is 0 Å². The van der Waals surface area contributed by atoms with E-state index < -0.39 is 5.60 Å². The van der Waals surface area contributed by atoms with Crippen molar-refractivity contribution in [3.8, 4) is 0 Å². The van der Waals surface area contributed by atoms with Gasteiger partial charge in [-0.3, -0.25) is 4.90 Å². The van der Waals surface area contributed by atoms with E-state index in [1.165, 1.54) is 0 Å². The van der Waals surface area contributed by atoms with Crippen LogP contribution < -0.4 is 10.6 Å². The Morgan fingerprint density at radius 1 is 1.42 bits per heavy atom. The molecule has 0 radical (unpaired) electrons. The molecule has 19 heavy (non-hydrogen) atoms. The molecule has 1 rings (SSSR count). The number of alkyl carbamates (subject to hydrolysis) is 1. The number of hydrogen-bond acceptors (Lipinski definition) is 4. The lowest BCUT2D eigenvalue weighted by Crippen LogP contribution is -2.61. The van der Waals surface area contributed by atoms with E-state index in [1.807, 2.05) is 20.8 Å². The van der Waals surface area contributed by atoms with E-state index in [0.29, 0.717) is 12.0 Å². The number of piperazine rings is 1. The highest BCUT2D eigenvalue weighted by Gasteiger charge is 2.32. The van der Waals surface area contributed by atoms with Crippen LogP contribution in [-0.4, -0.2) is 55.4 Å². The van der Waals surface area contributed by atoms with Crippen molar-refractivity contribution in [1.29, 1.82) is 0 Å². The summed E-state index contributed by atoms with van der Waals surface area (Å²) in [7, 11) is 2.11. The zero-order chi connectivity index (χ0) is 14.6. The zero-order valence-corrected chi connectivity index (χ0v) is 13.1. The van der Waals surface area contributed by atoms with E-state index in [0.717, 1.165) is 19.6 Å². The van der Waals surface area contributed by atoms with Crippen molar-refractivity contribution >= 4 is 6.09 Å². The van der Waals surface area contributed by atoms with Crippen LogP contribution in [0.4, 0.5) is 4.79 Å². The highest BCUT2D eigenvalue weighted by Crippen LogP contribution is 2.15. The van der Waals surface area contributed by atoms with E-state index >= 15 is 0 Å². The van der Waals surface area contributed by atoms with Gasteiger partial charge in [0.1, 0.15) is 5.60 Å². The molecule has 1 fully saturated rings. The van der Waals surface area contributed by atoms with Crippen LogP contribution in [-0.2, 0) is 4.74 Å². The molecule has 1 saturated heterocycles. The average Bonchev–Trinajstić information content (AvgIpc) is 2.24. The molecule has 1 heterocycles. The Kier molecular flexibility index (Phi) is 5.62. The lowest BCUT2D eigenvalue weighted by atomic mass is 9.94. The van der Waals surface area contributed by atoms with Gasteiger partial charge in [-0.1, -0.05) is 13.8 Å². The Hall–Kier alpha value is -0.810. The molecular formula is C14H29N3O2. The lowest BCUT2D eigenvalue weighted by molar-refractivity contribution is 0.0426. The Balaban J connectivity index is 2.64. The van der Waals surface area contributed by atoms with E-state index in [1.54, 1.807) is 0 Å². The first-order valence-electron chi connectivity index (χ1n) is 7.11. The van der Waals surface area contributed by atoms with Crippen molar-refractivity contribution in [2.75, 3.05) is 26.7 Å². The van der Waals surface area contributed by atoms with Crippen molar-refractivity contribution in [2.45, 2.75) is 52.3 Å². The molecule has 5 nitrogen and oxygen atoms in total. The molecule has 0 bridgehead atoms. The van der Waals surface area contributed by atoms with E-state index in [9.17, 15) is 4.79 Å². The molecule has 1 aliphatic heterocycles. The van der Waals surface area contributed by atoms with Gasteiger partial charge in [-0.2, -0.15) is 0 Å². The molecular weight excluding hydrogens is 242 g/mol. The standard InChI is InChI=1S/C14H29N3O2/c1-10(2)12(11-9-15-7-8-17(11)6)16-13(18)19-14(3,4)5/h10-12,15H,7-9H2,1-6H3,(H,16,18). The first kappa shape index (κ1) is 16.2. The molecule has 2 atom stereocenters. The predicted molar refractivity (Wildman–Crippen MR) is 77.3 cm³/mol. The molecule has 0 saturated carbocycles. The summed E-state index contributed by atoms with van der Waals surface area (Å²) >= 11 is 0. The summed E-state index contributed by atoms with van der Waals surface area (Å²) in [4.78, 5) is 14.3. The highest BCUT2D eigenvalue weighted by atomic mass is 16.6. The first-order chi connectivity index (χ1) is 8.70. The molecule has 2 N–H and O–H groups in total. The number of rotatable bonds is 3. The average molecular weight is 271 g/mol. The summed E-state index contributed by atoms with van der Waals surface area (Å²) in [5.41, 5.74) is -0.456. The van der Waals surface area contributed by atoms with Crippen molar-refractivity contribution in [3.63, 3.8) is 0 Å². The fourth-order valence-corrected chi connectivity index (χ4v) is 2.38. The van der Waals surface area contributed by atoms with Crippen LogP contribution in [0.2, 0.25) is 0 Å². The summed E-state index contributed by atoms with van der Waals surface area (Å²) in [6, 6.07) is 0.397. The van der Waals surface area contributed by atoms with Crippen molar-refractivity contribution in [1.82, 2.24) is 15.5 Å². The second-order valence-electron chi connectivity index (χ2n) is 6.67. The first-order valence-corrected chi connectivity index (χ1v) is 7.11. The van der Waals surface area contributed by atoms with Crippen LogP contribution in [0, 0.1) is 5.92 Å².